The third kappa shape index (κ3) is 3.60. The first-order valence-corrected chi connectivity index (χ1v) is 9.57. The number of amides is 1. The summed E-state index contributed by atoms with van der Waals surface area (Å²) in [4.78, 5) is 23.7. The highest BCUT2D eigenvalue weighted by atomic mass is 32.2. The van der Waals surface area contributed by atoms with Crippen molar-refractivity contribution in [2.24, 2.45) is 4.99 Å². The highest BCUT2D eigenvalue weighted by Crippen LogP contribution is 2.34. The van der Waals surface area contributed by atoms with E-state index in [4.69, 9.17) is 0 Å². The molecule has 1 saturated heterocycles. The fraction of sp³-hybridized carbons (Fsp3) is 0.278. The van der Waals surface area contributed by atoms with Crippen LogP contribution < -0.4 is 0 Å². The van der Waals surface area contributed by atoms with E-state index in [-0.39, 0.29) is 5.91 Å². The molecule has 0 saturated carbocycles. The van der Waals surface area contributed by atoms with Gasteiger partial charge in [0.15, 0.2) is 5.17 Å². The Hall–Kier alpha value is -1.92. The van der Waals surface area contributed by atoms with Gasteiger partial charge < -0.3 is 0 Å². The molecule has 0 atom stereocenters. The van der Waals surface area contributed by atoms with Gasteiger partial charge in [-0.15, -0.1) is 11.3 Å². The van der Waals surface area contributed by atoms with Crippen LogP contribution in [0.1, 0.15) is 37.8 Å². The van der Waals surface area contributed by atoms with Crippen LogP contribution in [0.5, 0.6) is 0 Å². The summed E-state index contributed by atoms with van der Waals surface area (Å²) in [7, 11) is 0. The number of nitrogens with zero attached hydrogens (tertiary/aromatic N) is 3. The lowest BCUT2D eigenvalue weighted by molar-refractivity contribution is -0.122. The number of aromatic nitrogens is 1. The summed E-state index contributed by atoms with van der Waals surface area (Å²) in [6.45, 7) is 6.89. The van der Waals surface area contributed by atoms with Crippen LogP contribution in [0.2, 0.25) is 0 Å². The summed E-state index contributed by atoms with van der Waals surface area (Å²) < 4.78 is 0. The molecule has 2 heterocycles. The van der Waals surface area contributed by atoms with E-state index >= 15 is 0 Å². The average Bonchev–Trinajstić information content (AvgIpc) is 3.17. The van der Waals surface area contributed by atoms with E-state index in [1.54, 1.807) is 11.1 Å². The van der Waals surface area contributed by atoms with Gasteiger partial charge >= 0.3 is 0 Å². The topological polar surface area (TPSA) is 45.6 Å². The molecule has 0 bridgehead atoms. The Morgan fingerprint density at radius 1 is 1.29 bits per heavy atom. The van der Waals surface area contributed by atoms with Crippen LogP contribution in [0, 0.1) is 0 Å². The lowest BCUT2D eigenvalue weighted by Crippen LogP contribution is -2.28. The standard InChI is InChI=1S/C18H19N3OS2/c1-4-21-16(22)15(24-18(21)20-17-19-9-10-23-17)11-13-5-7-14(8-6-13)12(2)3/h5-12H,4H2,1-3H3/b15-11-,20-18+. The molecule has 3 rings (SSSR count). The number of thiazole rings is 1. The molecule has 4 nitrogen and oxygen atoms in total. The van der Waals surface area contributed by atoms with Gasteiger partial charge in [0.05, 0.1) is 4.91 Å². The van der Waals surface area contributed by atoms with Crippen molar-refractivity contribution in [2.75, 3.05) is 6.54 Å². The number of thioether (sulfide) groups is 1. The first kappa shape index (κ1) is 16.9. The van der Waals surface area contributed by atoms with Gasteiger partial charge in [0.1, 0.15) is 0 Å². The Balaban J connectivity index is 1.87. The first-order chi connectivity index (χ1) is 11.6. The predicted molar refractivity (Wildman–Crippen MR) is 103 cm³/mol. The number of amidine groups is 1. The Bertz CT molecular complexity index is 777. The molecule has 0 unspecified atom stereocenters. The minimum Gasteiger partial charge on any atom is -0.287 e. The zero-order chi connectivity index (χ0) is 17.1. The van der Waals surface area contributed by atoms with Crippen LogP contribution in [-0.4, -0.2) is 27.5 Å². The van der Waals surface area contributed by atoms with Crippen molar-refractivity contribution in [3.05, 3.63) is 51.9 Å². The summed E-state index contributed by atoms with van der Waals surface area (Å²) in [6, 6.07) is 8.34. The summed E-state index contributed by atoms with van der Waals surface area (Å²) in [6.07, 6.45) is 3.65. The third-order valence-electron chi connectivity index (χ3n) is 3.72. The maximum absolute atomic E-state index is 12.6. The van der Waals surface area contributed by atoms with Crippen molar-refractivity contribution >= 4 is 45.4 Å². The van der Waals surface area contributed by atoms with Crippen molar-refractivity contribution in [2.45, 2.75) is 26.7 Å². The summed E-state index contributed by atoms with van der Waals surface area (Å²) in [5.74, 6) is 0.507. The average molecular weight is 358 g/mol. The molecule has 124 valence electrons. The van der Waals surface area contributed by atoms with E-state index in [1.807, 2.05) is 18.4 Å². The molecule has 24 heavy (non-hydrogen) atoms. The zero-order valence-corrected chi connectivity index (χ0v) is 15.5. The second kappa shape index (κ2) is 7.32. The van der Waals surface area contributed by atoms with Crippen LogP contribution in [-0.2, 0) is 4.79 Å². The van der Waals surface area contributed by atoms with Crippen molar-refractivity contribution in [3.8, 4) is 0 Å². The van der Waals surface area contributed by atoms with Crippen molar-refractivity contribution < 1.29 is 4.79 Å². The van der Waals surface area contributed by atoms with E-state index in [1.165, 1.54) is 28.7 Å². The molecule has 0 spiro atoms. The van der Waals surface area contributed by atoms with Gasteiger partial charge in [0.25, 0.3) is 5.91 Å². The second-order valence-corrected chi connectivity index (χ2v) is 7.57. The molecule has 1 aromatic heterocycles. The lowest BCUT2D eigenvalue weighted by atomic mass is 10.0. The molecule has 0 aliphatic carbocycles. The minimum absolute atomic E-state index is 0.00532. The van der Waals surface area contributed by atoms with Gasteiger partial charge in [-0.1, -0.05) is 38.1 Å². The number of carbonyl (C=O) groups is 1. The van der Waals surface area contributed by atoms with Gasteiger partial charge in [-0.05, 0) is 41.8 Å². The molecule has 1 aliphatic rings. The van der Waals surface area contributed by atoms with Crippen LogP contribution >= 0.6 is 23.1 Å². The lowest BCUT2D eigenvalue weighted by Gasteiger charge is -2.11. The van der Waals surface area contributed by atoms with E-state index in [9.17, 15) is 4.79 Å². The Morgan fingerprint density at radius 2 is 2.04 bits per heavy atom. The molecule has 0 radical (unpaired) electrons. The number of hydrogen-bond donors (Lipinski definition) is 0. The van der Waals surface area contributed by atoms with Crippen molar-refractivity contribution in [1.29, 1.82) is 0 Å². The minimum atomic E-state index is 0.00532. The van der Waals surface area contributed by atoms with Crippen LogP contribution in [0.25, 0.3) is 6.08 Å². The number of carbonyl (C=O) groups excluding carboxylic acids is 1. The fourth-order valence-corrected chi connectivity index (χ4v) is 3.96. The van der Waals surface area contributed by atoms with E-state index in [0.29, 0.717) is 27.7 Å². The van der Waals surface area contributed by atoms with Crippen molar-refractivity contribution in [3.63, 3.8) is 0 Å². The Kier molecular flexibility index (Phi) is 5.16. The first-order valence-electron chi connectivity index (χ1n) is 7.88. The number of likely N-dealkylation sites (N-methyl/N-ethyl adjacent to an activating group) is 1. The molecule has 0 N–H and O–H groups in total. The number of aliphatic imine (C=N–C) groups is 1. The number of benzene rings is 1. The number of rotatable bonds is 4. The molecule has 1 aromatic carbocycles. The largest absolute Gasteiger partial charge is 0.287 e. The van der Waals surface area contributed by atoms with Crippen LogP contribution in [0.3, 0.4) is 0 Å². The monoisotopic (exact) mass is 357 g/mol. The molecule has 1 aliphatic heterocycles. The zero-order valence-electron chi connectivity index (χ0n) is 13.9. The quantitative estimate of drug-likeness (QED) is 0.732. The summed E-state index contributed by atoms with van der Waals surface area (Å²) >= 11 is 2.87. The highest BCUT2D eigenvalue weighted by molar-refractivity contribution is 8.18. The Labute approximate surface area is 150 Å². The van der Waals surface area contributed by atoms with E-state index < -0.39 is 0 Å². The maximum Gasteiger partial charge on any atom is 0.266 e. The van der Waals surface area contributed by atoms with Gasteiger partial charge in [0.2, 0.25) is 5.13 Å². The SMILES string of the molecule is CCN1C(=O)/C(=C/c2ccc(C(C)C)cc2)S/C1=N/c1nccs1. The molecule has 1 amide bonds. The molecule has 1 fully saturated rings. The summed E-state index contributed by atoms with van der Waals surface area (Å²) in [5, 5.41) is 3.25. The smallest absolute Gasteiger partial charge is 0.266 e. The molecule has 2 aromatic rings. The summed E-state index contributed by atoms with van der Waals surface area (Å²) in [5.41, 5.74) is 2.32. The normalized spacial score (nSPS) is 18.3. The van der Waals surface area contributed by atoms with Crippen molar-refractivity contribution in [1.82, 2.24) is 9.88 Å². The van der Waals surface area contributed by atoms with Crippen LogP contribution in [0.4, 0.5) is 5.13 Å². The highest BCUT2D eigenvalue weighted by Gasteiger charge is 2.32. The van der Waals surface area contributed by atoms with Gasteiger partial charge in [-0.25, -0.2) is 4.98 Å². The van der Waals surface area contributed by atoms with Gasteiger partial charge in [-0.3, -0.25) is 9.69 Å². The van der Waals surface area contributed by atoms with Gasteiger partial charge in [-0.2, -0.15) is 4.99 Å². The fourth-order valence-electron chi connectivity index (χ4n) is 2.35. The third-order valence-corrected chi connectivity index (χ3v) is 5.39. The molecular weight excluding hydrogens is 338 g/mol. The predicted octanol–water partition coefficient (Wildman–Crippen LogP) is 4.89. The second-order valence-electron chi connectivity index (χ2n) is 5.69. The molecular formula is C18H19N3OS2. The Morgan fingerprint density at radius 3 is 2.62 bits per heavy atom. The van der Waals surface area contributed by atoms with E-state index in [2.05, 4.69) is 48.1 Å². The van der Waals surface area contributed by atoms with E-state index in [0.717, 1.165) is 5.56 Å². The maximum atomic E-state index is 12.6. The number of hydrogen-bond acceptors (Lipinski definition) is 5. The molecule has 6 heteroatoms. The van der Waals surface area contributed by atoms with Crippen LogP contribution in [0.15, 0.2) is 45.7 Å². The van der Waals surface area contributed by atoms with Gasteiger partial charge in [0, 0.05) is 18.1 Å².